The third-order valence-electron chi connectivity index (χ3n) is 3.98. The number of aliphatic hydroxyl groups is 2. The van der Waals surface area contributed by atoms with Crippen molar-refractivity contribution in [3.63, 3.8) is 0 Å². The van der Waals surface area contributed by atoms with Gasteiger partial charge >= 0.3 is 5.97 Å². The van der Waals surface area contributed by atoms with Crippen LogP contribution in [0, 0.1) is 5.92 Å². The molecule has 0 aromatic carbocycles. The highest BCUT2D eigenvalue weighted by Gasteiger charge is 2.56. The highest BCUT2D eigenvalue weighted by Crippen LogP contribution is 2.45. The molecule has 2 aliphatic rings. The molecule has 0 aromatic heterocycles. The number of carbonyl (C=O) groups is 2. The summed E-state index contributed by atoms with van der Waals surface area (Å²) in [6.45, 7) is 5.18. The summed E-state index contributed by atoms with van der Waals surface area (Å²) in [6.07, 6.45) is 2.36. The van der Waals surface area contributed by atoms with Crippen LogP contribution in [-0.2, 0) is 14.3 Å². The van der Waals surface area contributed by atoms with Gasteiger partial charge in [0.15, 0.2) is 0 Å². The van der Waals surface area contributed by atoms with Crippen molar-refractivity contribution in [3.8, 4) is 0 Å². The smallest absolute Gasteiger partial charge is 0.355 e. The van der Waals surface area contributed by atoms with E-state index in [0.717, 1.165) is 5.57 Å². The monoisotopic (exact) mass is 295 g/mol. The molecule has 0 spiro atoms. The molecule has 0 saturated carbocycles. The Balaban J connectivity index is 2.20. The third-order valence-corrected chi connectivity index (χ3v) is 3.98. The number of fused-ring (bicyclic) bond motifs is 1. The number of nitrogens with zero attached hydrogens (tertiary/aromatic N) is 1. The number of amides is 1. The molecule has 1 fully saturated rings. The van der Waals surface area contributed by atoms with Gasteiger partial charge in [-0.1, -0.05) is 12.7 Å². The summed E-state index contributed by atoms with van der Waals surface area (Å²) in [6, 6.07) is -0.169. The van der Waals surface area contributed by atoms with Crippen molar-refractivity contribution in [2.24, 2.45) is 5.92 Å². The lowest BCUT2D eigenvalue weighted by Crippen LogP contribution is -2.61. The molecule has 0 aliphatic carbocycles. The van der Waals surface area contributed by atoms with E-state index in [4.69, 9.17) is 9.84 Å². The first kappa shape index (κ1) is 15.7. The Morgan fingerprint density at radius 2 is 2.33 bits per heavy atom. The molecule has 6 heteroatoms. The Labute approximate surface area is 123 Å². The first-order chi connectivity index (χ1) is 10.0. The van der Waals surface area contributed by atoms with Gasteiger partial charge in [0.2, 0.25) is 5.91 Å². The van der Waals surface area contributed by atoms with E-state index < -0.39 is 18.0 Å². The summed E-state index contributed by atoms with van der Waals surface area (Å²) in [5.74, 6) is -1.24. The fourth-order valence-electron chi connectivity index (χ4n) is 3.07. The largest absolute Gasteiger partial charge is 0.457 e. The minimum absolute atomic E-state index is 0.0247. The maximum Gasteiger partial charge on any atom is 0.355 e. The Hall–Kier alpha value is -1.66. The molecule has 0 bridgehead atoms. The van der Waals surface area contributed by atoms with Gasteiger partial charge in [-0.2, -0.15) is 0 Å². The number of carbonyl (C=O) groups excluding carboxylic acids is 2. The maximum absolute atomic E-state index is 12.1. The van der Waals surface area contributed by atoms with Gasteiger partial charge in [-0.25, -0.2) is 4.79 Å². The molecular formula is C15H21NO5. The van der Waals surface area contributed by atoms with Crippen LogP contribution in [0.1, 0.15) is 26.2 Å². The predicted molar refractivity (Wildman–Crippen MR) is 74.9 cm³/mol. The zero-order valence-corrected chi connectivity index (χ0v) is 12.1. The van der Waals surface area contributed by atoms with Crippen LogP contribution in [0.15, 0.2) is 23.9 Å². The Bertz CT molecular complexity index is 482. The number of β-lactam (4-membered cyclic amide) rings is 1. The van der Waals surface area contributed by atoms with Crippen molar-refractivity contribution in [2.75, 3.05) is 13.2 Å². The minimum Gasteiger partial charge on any atom is -0.457 e. The van der Waals surface area contributed by atoms with Crippen LogP contribution >= 0.6 is 0 Å². The summed E-state index contributed by atoms with van der Waals surface area (Å²) in [7, 11) is 0. The van der Waals surface area contributed by atoms with Crippen molar-refractivity contribution in [1.82, 2.24) is 4.90 Å². The van der Waals surface area contributed by atoms with Crippen LogP contribution in [0.4, 0.5) is 0 Å². The zero-order valence-electron chi connectivity index (χ0n) is 12.1. The molecule has 2 heterocycles. The zero-order chi connectivity index (χ0) is 15.6. The fraction of sp³-hybridized carbons (Fsp3) is 0.600. The molecule has 6 nitrogen and oxygen atoms in total. The molecule has 0 radical (unpaired) electrons. The molecule has 3 atom stereocenters. The molecule has 2 rings (SSSR count). The second-order valence-corrected chi connectivity index (χ2v) is 5.41. The van der Waals surface area contributed by atoms with E-state index in [0.29, 0.717) is 19.3 Å². The fourth-order valence-corrected chi connectivity index (χ4v) is 3.07. The first-order valence-electron chi connectivity index (χ1n) is 7.15. The number of hydrogen-bond acceptors (Lipinski definition) is 5. The molecule has 21 heavy (non-hydrogen) atoms. The van der Waals surface area contributed by atoms with Crippen molar-refractivity contribution in [1.29, 1.82) is 0 Å². The number of rotatable bonds is 7. The van der Waals surface area contributed by atoms with Crippen LogP contribution in [0.2, 0.25) is 0 Å². The first-order valence-corrected chi connectivity index (χ1v) is 7.15. The van der Waals surface area contributed by atoms with E-state index in [1.807, 2.05) is 0 Å². The van der Waals surface area contributed by atoms with Crippen molar-refractivity contribution < 1.29 is 24.5 Å². The standard InChI is InChI=1S/C15H21NO5/c1-3-7-21-15(20)13-10(5-4-6-17)8-11-12(9(2)18)14(19)16(11)13/h3,9,11-12,17-18H,1,4-8H2,2H3/t9-,11-,12-/m1/s1. The second-order valence-electron chi connectivity index (χ2n) is 5.41. The van der Waals surface area contributed by atoms with E-state index in [9.17, 15) is 14.7 Å². The van der Waals surface area contributed by atoms with Crippen LogP contribution in [0.5, 0.6) is 0 Å². The summed E-state index contributed by atoms with van der Waals surface area (Å²) in [4.78, 5) is 25.7. The molecule has 2 N–H and O–H groups in total. The van der Waals surface area contributed by atoms with Gasteiger partial charge in [-0.15, -0.1) is 0 Å². The van der Waals surface area contributed by atoms with Crippen LogP contribution in [0.3, 0.4) is 0 Å². The Morgan fingerprint density at radius 3 is 2.90 bits per heavy atom. The topological polar surface area (TPSA) is 87.1 Å². The molecule has 1 amide bonds. The van der Waals surface area contributed by atoms with Crippen LogP contribution in [-0.4, -0.2) is 52.3 Å². The molecule has 0 aromatic rings. The van der Waals surface area contributed by atoms with Crippen molar-refractivity contribution >= 4 is 11.9 Å². The van der Waals surface area contributed by atoms with E-state index in [2.05, 4.69) is 6.58 Å². The molecule has 1 saturated heterocycles. The Kier molecular flexibility index (Phi) is 4.80. The highest BCUT2D eigenvalue weighted by atomic mass is 16.5. The highest BCUT2D eigenvalue weighted by molar-refractivity contribution is 6.00. The van der Waals surface area contributed by atoms with Crippen LogP contribution < -0.4 is 0 Å². The van der Waals surface area contributed by atoms with E-state index in [1.54, 1.807) is 6.92 Å². The van der Waals surface area contributed by atoms with E-state index in [-0.39, 0.29) is 30.9 Å². The number of esters is 1. The van der Waals surface area contributed by atoms with Crippen molar-refractivity contribution in [2.45, 2.75) is 38.3 Å². The lowest BCUT2D eigenvalue weighted by atomic mass is 9.83. The molecule has 0 unspecified atom stereocenters. The summed E-state index contributed by atoms with van der Waals surface area (Å²) >= 11 is 0. The van der Waals surface area contributed by atoms with Gasteiger partial charge in [-0.3, -0.25) is 4.79 Å². The maximum atomic E-state index is 12.1. The average Bonchev–Trinajstić information content (AvgIpc) is 2.76. The van der Waals surface area contributed by atoms with Gasteiger partial charge < -0.3 is 19.8 Å². The van der Waals surface area contributed by atoms with Crippen molar-refractivity contribution in [3.05, 3.63) is 23.9 Å². The Morgan fingerprint density at radius 1 is 1.62 bits per heavy atom. The molecular weight excluding hydrogens is 274 g/mol. The molecule has 2 aliphatic heterocycles. The van der Waals surface area contributed by atoms with Gasteiger partial charge in [0, 0.05) is 6.61 Å². The number of hydrogen-bond donors (Lipinski definition) is 2. The summed E-state index contributed by atoms with van der Waals surface area (Å²) in [5.41, 5.74) is 1.11. The normalized spacial score (nSPS) is 25.5. The number of ether oxygens (including phenoxy) is 1. The average molecular weight is 295 g/mol. The van der Waals surface area contributed by atoms with Gasteiger partial charge in [-0.05, 0) is 31.8 Å². The quantitative estimate of drug-likeness (QED) is 0.402. The van der Waals surface area contributed by atoms with E-state index in [1.165, 1.54) is 11.0 Å². The van der Waals surface area contributed by atoms with Gasteiger partial charge in [0.05, 0.1) is 18.1 Å². The van der Waals surface area contributed by atoms with Gasteiger partial charge in [0.1, 0.15) is 12.3 Å². The van der Waals surface area contributed by atoms with Gasteiger partial charge in [0.25, 0.3) is 0 Å². The summed E-state index contributed by atoms with van der Waals surface area (Å²) < 4.78 is 5.05. The lowest BCUT2D eigenvalue weighted by Gasteiger charge is -2.44. The third kappa shape index (κ3) is 2.73. The minimum atomic E-state index is -0.735. The van der Waals surface area contributed by atoms with Crippen LogP contribution in [0.25, 0.3) is 0 Å². The SMILES string of the molecule is C=CCOC(=O)C1=C(CCCO)C[C@@H]2[C@@H]([C@@H](C)O)C(=O)N12. The predicted octanol–water partition coefficient (Wildman–Crippen LogP) is 0.354. The summed E-state index contributed by atoms with van der Waals surface area (Å²) in [5, 5.41) is 18.6. The lowest BCUT2D eigenvalue weighted by molar-refractivity contribution is -0.162. The molecule has 116 valence electrons. The second kappa shape index (κ2) is 6.41. The number of aliphatic hydroxyl groups excluding tert-OH is 2. The van der Waals surface area contributed by atoms with E-state index >= 15 is 0 Å².